The molecule has 1 heterocycles. The number of rotatable bonds is 3. The molecule has 102 valence electrons. The summed E-state index contributed by atoms with van der Waals surface area (Å²) >= 11 is 0. The summed E-state index contributed by atoms with van der Waals surface area (Å²) in [6, 6.07) is 7.18. The maximum atomic E-state index is 5.55. The largest absolute Gasteiger partial charge is 0.496 e. The van der Waals surface area contributed by atoms with Gasteiger partial charge in [-0.15, -0.1) is 6.58 Å². The summed E-state index contributed by atoms with van der Waals surface area (Å²) in [6.45, 7) is 6.14. The van der Waals surface area contributed by atoms with E-state index < -0.39 is 0 Å². The van der Waals surface area contributed by atoms with Crippen molar-refractivity contribution >= 4 is 0 Å². The summed E-state index contributed by atoms with van der Waals surface area (Å²) in [7, 11) is 1.78. The minimum absolute atomic E-state index is 0.676. The summed E-state index contributed by atoms with van der Waals surface area (Å²) < 4.78 is 5.55. The van der Waals surface area contributed by atoms with Gasteiger partial charge in [-0.3, -0.25) is 4.90 Å². The van der Waals surface area contributed by atoms with Gasteiger partial charge in [0.15, 0.2) is 0 Å². The van der Waals surface area contributed by atoms with E-state index in [1.807, 2.05) is 6.08 Å². The van der Waals surface area contributed by atoms with Crippen molar-refractivity contribution in [3.63, 3.8) is 0 Å². The van der Waals surface area contributed by atoms with Crippen LogP contribution in [0.25, 0.3) is 0 Å². The third-order valence-electron chi connectivity index (χ3n) is 4.74. The lowest BCUT2D eigenvalue weighted by atomic mass is 9.75. The van der Waals surface area contributed by atoms with Gasteiger partial charge in [0.1, 0.15) is 5.75 Å². The van der Waals surface area contributed by atoms with Crippen molar-refractivity contribution in [1.82, 2.24) is 4.90 Å². The first-order chi connectivity index (χ1) is 9.33. The monoisotopic (exact) mass is 257 g/mol. The lowest BCUT2D eigenvalue weighted by Gasteiger charge is -2.44. The van der Waals surface area contributed by atoms with Crippen LogP contribution in [0.15, 0.2) is 30.9 Å². The zero-order valence-electron chi connectivity index (χ0n) is 11.8. The highest BCUT2D eigenvalue weighted by molar-refractivity contribution is 5.43. The highest BCUT2D eigenvalue weighted by atomic mass is 16.5. The molecule has 0 saturated carbocycles. The van der Waals surface area contributed by atoms with Gasteiger partial charge >= 0.3 is 0 Å². The number of hydrogen-bond donors (Lipinski definition) is 0. The van der Waals surface area contributed by atoms with Crippen LogP contribution >= 0.6 is 0 Å². The van der Waals surface area contributed by atoms with Gasteiger partial charge in [-0.1, -0.05) is 18.2 Å². The maximum absolute atomic E-state index is 5.55. The second-order valence-corrected chi connectivity index (χ2v) is 5.76. The molecule has 0 radical (unpaired) electrons. The molecule has 19 heavy (non-hydrogen) atoms. The Balaban J connectivity index is 1.91. The molecule has 2 aliphatic rings. The fourth-order valence-electron chi connectivity index (χ4n) is 3.86. The van der Waals surface area contributed by atoms with Crippen molar-refractivity contribution in [1.29, 1.82) is 0 Å². The van der Waals surface area contributed by atoms with Gasteiger partial charge in [0.2, 0.25) is 0 Å². The number of nitrogens with zero attached hydrogens (tertiary/aromatic N) is 1. The molecule has 2 nitrogen and oxygen atoms in total. The van der Waals surface area contributed by atoms with E-state index >= 15 is 0 Å². The van der Waals surface area contributed by atoms with E-state index in [2.05, 4.69) is 29.7 Å². The molecule has 1 aliphatic heterocycles. The van der Waals surface area contributed by atoms with Crippen molar-refractivity contribution < 1.29 is 4.74 Å². The third-order valence-corrected chi connectivity index (χ3v) is 4.74. The minimum atomic E-state index is 0.676. The fraction of sp³-hybridized carbons (Fsp3) is 0.529. The molecule has 0 N–H and O–H groups in total. The van der Waals surface area contributed by atoms with Crippen LogP contribution in [-0.2, 0) is 12.8 Å². The zero-order chi connectivity index (χ0) is 13.2. The molecule has 0 aromatic heterocycles. The zero-order valence-corrected chi connectivity index (χ0v) is 11.8. The summed E-state index contributed by atoms with van der Waals surface area (Å²) in [4.78, 5) is 2.61. The normalized spacial score (nSPS) is 26.4. The molecule has 0 spiro atoms. The Labute approximate surface area is 116 Å². The van der Waals surface area contributed by atoms with Crippen LogP contribution in [-0.4, -0.2) is 31.1 Å². The van der Waals surface area contributed by atoms with Crippen molar-refractivity contribution in [2.45, 2.75) is 31.7 Å². The van der Waals surface area contributed by atoms with E-state index in [4.69, 9.17) is 4.74 Å². The van der Waals surface area contributed by atoms with Crippen LogP contribution in [0.5, 0.6) is 5.75 Å². The van der Waals surface area contributed by atoms with Crippen LogP contribution in [0, 0.1) is 5.92 Å². The second kappa shape index (κ2) is 5.38. The Morgan fingerprint density at radius 3 is 3.11 bits per heavy atom. The first kappa shape index (κ1) is 12.7. The first-order valence-electron chi connectivity index (χ1n) is 7.33. The Bertz CT molecular complexity index is 468. The SMILES string of the molecule is C=CCN1CCCC2Cc3cccc(OC)c3CC21. The summed E-state index contributed by atoms with van der Waals surface area (Å²) in [5.74, 6) is 1.88. The van der Waals surface area contributed by atoms with Crippen LogP contribution in [0.3, 0.4) is 0 Å². The second-order valence-electron chi connectivity index (χ2n) is 5.76. The Kier molecular flexibility index (Phi) is 3.61. The Hall–Kier alpha value is -1.28. The molecule has 0 bridgehead atoms. The minimum Gasteiger partial charge on any atom is -0.496 e. The molecular weight excluding hydrogens is 234 g/mol. The number of likely N-dealkylation sites (tertiary alicyclic amines) is 1. The molecule has 2 unspecified atom stereocenters. The summed E-state index contributed by atoms with van der Waals surface area (Å²) in [5.41, 5.74) is 2.93. The lowest BCUT2D eigenvalue weighted by Crippen LogP contribution is -2.49. The van der Waals surface area contributed by atoms with Gasteiger partial charge in [-0.05, 0) is 55.3 Å². The molecule has 1 saturated heterocycles. The fourth-order valence-corrected chi connectivity index (χ4v) is 3.86. The smallest absolute Gasteiger partial charge is 0.122 e. The average Bonchev–Trinajstić information content (AvgIpc) is 2.45. The van der Waals surface area contributed by atoms with Gasteiger partial charge in [-0.25, -0.2) is 0 Å². The molecule has 2 heteroatoms. The number of fused-ring (bicyclic) bond motifs is 2. The van der Waals surface area contributed by atoms with Gasteiger partial charge < -0.3 is 4.74 Å². The van der Waals surface area contributed by atoms with Crippen LogP contribution in [0.2, 0.25) is 0 Å². The van der Waals surface area contributed by atoms with Crippen molar-refractivity contribution in [3.05, 3.63) is 42.0 Å². The number of methoxy groups -OCH3 is 1. The van der Waals surface area contributed by atoms with Gasteiger partial charge in [-0.2, -0.15) is 0 Å². The van der Waals surface area contributed by atoms with E-state index in [-0.39, 0.29) is 0 Å². The molecule has 1 aliphatic carbocycles. The summed E-state index contributed by atoms with van der Waals surface area (Å²) in [6.07, 6.45) is 7.09. The topological polar surface area (TPSA) is 12.5 Å². The summed E-state index contributed by atoms with van der Waals surface area (Å²) in [5, 5.41) is 0. The van der Waals surface area contributed by atoms with E-state index in [1.165, 1.54) is 36.9 Å². The van der Waals surface area contributed by atoms with E-state index in [9.17, 15) is 0 Å². The van der Waals surface area contributed by atoms with Crippen molar-refractivity contribution in [2.75, 3.05) is 20.2 Å². The number of piperidine rings is 1. The molecule has 1 aromatic rings. The van der Waals surface area contributed by atoms with Gasteiger partial charge in [0, 0.05) is 12.6 Å². The number of hydrogen-bond acceptors (Lipinski definition) is 2. The predicted molar refractivity (Wildman–Crippen MR) is 78.7 cm³/mol. The first-order valence-corrected chi connectivity index (χ1v) is 7.33. The molecule has 3 rings (SSSR count). The molecular formula is C17H23NO. The van der Waals surface area contributed by atoms with E-state index in [1.54, 1.807) is 7.11 Å². The Morgan fingerprint density at radius 2 is 2.32 bits per heavy atom. The van der Waals surface area contributed by atoms with Crippen molar-refractivity contribution in [2.24, 2.45) is 5.92 Å². The lowest BCUT2D eigenvalue weighted by molar-refractivity contribution is 0.0965. The molecule has 0 amide bonds. The van der Waals surface area contributed by atoms with Crippen LogP contribution in [0.1, 0.15) is 24.0 Å². The highest BCUT2D eigenvalue weighted by Gasteiger charge is 2.35. The maximum Gasteiger partial charge on any atom is 0.122 e. The van der Waals surface area contributed by atoms with E-state index in [0.29, 0.717) is 6.04 Å². The van der Waals surface area contributed by atoms with Gasteiger partial charge in [0.25, 0.3) is 0 Å². The van der Waals surface area contributed by atoms with Crippen LogP contribution in [0.4, 0.5) is 0 Å². The quantitative estimate of drug-likeness (QED) is 0.772. The van der Waals surface area contributed by atoms with Crippen LogP contribution < -0.4 is 4.74 Å². The predicted octanol–water partition coefficient (Wildman–Crippen LogP) is 3.06. The standard InChI is InChI=1S/C17H23NO/c1-3-9-18-10-5-7-14-11-13-6-4-8-17(19-2)15(13)12-16(14)18/h3-4,6,8,14,16H,1,5,7,9-12H2,2H3. The van der Waals surface area contributed by atoms with Gasteiger partial charge in [0.05, 0.1) is 7.11 Å². The molecule has 2 atom stereocenters. The third kappa shape index (κ3) is 2.30. The van der Waals surface area contributed by atoms with E-state index in [0.717, 1.165) is 24.6 Å². The number of benzene rings is 1. The Morgan fingerprint density at radius 1 is 1.42 bits per heavy atom. The highest BCUT2D eigenvalue weighted by Crippen LogP contribution is 2.38. The number of ether oxygens (including phenoxy) is 1. The van der Waals surface area contributed by atoms with Crippen molar-refractivity contribution in [3.8, 4) is 5.75 Å². The molecule has 1 aromatic carbocycles. The average molecular weight is 257 g/mol. The molecule has 1 fully saturated rings.